The summed E-state index contributed by atoms with van der Waals surface area (Å²) < 4.78 is 4.98. The van der Waals surface area contributed by atoms with Crippen LogP contribution in [-0.2, 0) is 10.2 Å². The van der Waals surface area contributed by atoms with Crippen LogP contribution in [0.1, 0.15) is 53.5 Å². The minimum atomic E-state index is -0.280. The van der Waals surface area contributed by atoms with Gasteiger partial charge in [-0.3, -0.25) is 4.79 Å². The van der Waals surface area contributed by atoms with Crippen molar-refractivity contribution in [2.45, 2.75) is 53.4 Å². The molecule has 0 atom stereocenters. The van der Waals surface area contributed by atoms with Crippen molar-refractivity contribution in [1.29, 1.82) is 0 Å². The largest absolute Gasteiger partial charge is 0.427 e. The van der Waals surface area contributed by atoms with E-state index < -0.39 is 0 Å². The zero-order valence-electron chi connectivity index (χ0n) is 11.8. The molecule has 0 aliphatic carbocycles. The normalized spacial score (nSPS) is 10.2. The Kier molecular flexibility index (Phi) is 6.55. The molecule has 0 spiro atoms. The van der Waals surface area contributed by atoms with Crippen molar-refractivity contribution in [2.24, 2.45) is 0 Å². The fourth-order valence-electron chi connectivity index (χ4n) is 1.34. The van der Waals surface area contributed by atoms with Gasteiger partial charge in [-0.1, -0.05) is 46.8 Å². The van der Waals surface area contributed by atoms with Crippen molar-refractivity contribution in [3.05, 3.63) is 29.8 Å². The molecule has 0 aliphatic rings. The molecule has 0 heterocycles. The van der Waals surface area contributed by atoms with E-state index in [2.05, 4.69) is 20.8 Å². The summed E-state index contributed by atoms with van der Waals surface area (Å²) in [6.07, 6.45) is 1.08. The zero-order chi connectivity index (χ0) is 13.5. The number of hydrogen-bond donors (Lipinski definition) is 0. The monoisotopic (exact) mass is 236 g/mol. The van der Waals surface area contributed by atoms with Gasteiger partial charge in [0.15, 0.2) is 0 Å². The molecule has 0 saturated heterocycles. The zero-order valence-corrected chi connectivity index (χ0v) is 11.8. The lowest BCUT2D eigenvalue weighted by Crippen LogP contribution is -2.15. The van der Waals surface area contributed by atoms with Gasteiger partial charge in [0.25, 0.3) is 0 Å². The number of ether oxygens (including phenoxy) is 1. The van der Waals surface area contributed by atoms with Crippen LogP contribution in [0.25, 0.3) is 0 Å². The summed E-state index contributed by atoms with van der Waals surface area (Å²) in [6, 6.07) is 7.71. The number of benzene rings is 1. The molecule has 0 saturated carbocycles. The second kappa shape index (κ2) is 7.10. The summed E-state index contributed by atoms with van der Waals surface area (Å²) in [7, 11) is 0. The average Bonchev–Trinajstić information content (AvgIpc) is 2.31. The van der Waals surface area contributed by atoms with E-state index in [1.165, 1.54) is 12.5 Å². The molecule has 0 N–H and O–H groups in total. The van der Waals surface area contributed by atoms with Crippen molar-refractivity contribution in [3.63, 3.8) is 0 Å². The Morgan fingerprint density at radius 2 is 1.65 bits per heavy atom. The first-order chi connectivity index (χ1) is 7.95. The van der Waals surface area contributed by atoms with Gasteiger partial charge >= 0.3 is 5.97 Å². The van der Waals surface area contributed by atoms with E-state index in [-0.39, 0.29) is 11.4 Å². The second-order valence-corrected chi connectivity index (χ2v) is 4.36. The highest BCUT2D eigenvalue weighted by molar-refractivity contribution is 5.69. The Morgan fingerprint density at radius 1 is 1.18 bits per heavy atom. The van der Waals surface area contributed by atoms with Gasteiger partial charge in [-0.05, 0) is 29.5 Å². The fourth-order valence-corrected chi connectivity index (χ4v) is 1.34. The van der Waals surface area contributed by atoms with Crippen molar-refractivity contribution in [3.8, 4) is 5.75 Å². The van der Waals surface area contributed by atoms with Crippen LogP contribution in [0.3, 0.4) is 0 Å². The van der Waals surface area contributed by atoms with Crippen molar-refractivity contribution in [2.75, 3.05) is 0 Å². The van der Waals surface area contributed by atoms with Gasteiger partial charge in [-0.25, -0.2) is 0 Å². The van der Waals surface area contributed by atoms with Crippen molar-refractivity contribution >= 4 is 5.97 Å². The maximum Gasteiger partial charge on any atom is 0.308 e. The highest BCUT2D eigenvalue weighted by Gasteiger charge is 2.17. The van der Waals surface area contributed by atoms with E-state index in [0.717, 1.165) is 6.42 Å². The Labute approximate surface area is 105 Å². The predicted molar refractivity (Wildman–Crippen MR) is 72.4 cm³/mol. The van der Waals surface area contributed by atoms with Gasteiger partial charge in [0.1, 0.15) is 5.75 Å². The highest BCUT2D eigenvalue weighted by atomic mass is 16.5. The smallest absolute Gasteiger partial charge is 0.308 e. The minimum Gasteiger partial charge on any atom is -0.427 e. The van der Waals surface area contributed by atoms with Gasteiger partial charge in [-0.15, -0.1) is 0 Å². The standard InChI is InChI=1S/C13H18O2.C2H6/c1-5-13(3,4)11-6-8-12(9-7-11)15-10(2)14;1-2/h6-9H,5H2,1-4H3;1-2H3. The molecule has 0 aromatic heterocycles. The van der Waals surface area contributed by atoms with Crippen LogP contribution in [-0.4, -0.2) is 5.97 Å². The molecule has 2 heteroatoms. The van der Waals surface area contributed by atoms with Gasteiger partial charge in [0.2, 0.25) is 0 Å². The van der Waals surface area contributed by atoms with E-state index in [9.17, 15) is 4.79 Å². The molecule has 0 unspecified atom stereocenters. The van der Waals surface area contributed by atoms with Crippen LogP contribution >= 0.6 is 0 Å². The van der Waals surface area contributed by atoms with Crippen LogP contribution in [0.15, 0.2) is 24.3 Å². The van der Waals surface area contributed by atoms with E-state index >= 15 is 0 Å². The Hall–Kier alpha value is -1.31. The van der Waals surface area contributed by atoms with Crippen molar-refractivity contribution in [1.82, 2.24) is 0 Å². The summed E-state index contributed by atoms with van der Waals surface area (Å²) >= 11 is 0. The van der Waals surface area contributed by atoms with E-state index in [0.29, 0.717) is 5.75 Å². The molecule has 2 nitrogen and oxygen atoms in total. The lowest BCUT2D eigenvalue weighted by atomic mass is 9.82. The predicted octanol–water partition coefficient (Wildman–Crippen LogP) is 4.33. The Morgan fingerprint density at radius 3 is 2.00 bits per heavy atom. The fraction of sp³-hybridized carbons (Fsp3) is 0.533. The van der Waals surface area contributed by atoms with E-state index in [1.54, 1.807) is 0 Å². The van der Waals surface area contributed by atoms with Gasteiger partial charge in [0, 0.05) is 6.92 Å². The molecule has 0 amide bonds. The van der Waals surface area contributed by atoms with Crippen LogP contribution < -0.4 is 4.74 Å². The third-order valence-corrected chi connectivity index (χ3v) is 2.78. The summed E-state index contributed by atoms with van der Waals surface area (Å²) in [5.74, 6) is 0.329. The SMILES string of the molecule is CC.CCC(C)(C)c1ccc(OC(C)=O)cc1. The quantitative estimate of drug-likeness (QED) is 0.577. The number of carbonyl (C=O) groups excluding carboxylic acids is 1. The molecule has 1 aromatic carbocycles. The summed E-state index contributed by atoms with van der Waals surface area (Å²) in [6.45, 7) is 12.0. The molecule has 0 aliphatic heterocycles. The molecular weight excluding hydrogens is 212 g/mol. The maximum absolute atomic E-state index is 10.7. The third-order valence-electron chi connectivity index (χ3n) is 2.78. The first kappa shape index (κ1) is 15.7. The molecule has 17 heavy (non-hydrogen) atoms. The van der Waals surface area contributed by atoms with Crippen LogP contribution in [0, 0.1) is 0 Å². The first-order valence-electron chi connectivity index (χ1n) is 6.24. The summed E-state index contributed by atoms with van der Waals surface area (Å²) in [5.41, 5.74) is 1.44. The van der Waals surface area contributed by atoms with Crippen LogP contribution in [0.2, 0.25) is 0 Å². The molecular formula is C15H24O2. The summed E-state index contributed by atoms with van der Waals surface area (Å²) in [4.78, 5) is 10.7. The lowest BCUT2D eigenvalue weighted by molar-refractivity contribution is -0.131. The molecule has 0 fully saturated rings. The van der Waals surface area contributed by atoms with Gasteiger partial charge in [-0.2, -0.15) is 0 Å². The second-order valence-electron chi connectivity index (χ2n) is 4.36. The topological polar surface area (TPSA) is 26.3 Å². The molecule has 1 rings (SSSR count). The lowest BCUT2D eigenvalue weighted by Gasteiger charge is -2.23. The summed E-state index contributed by atoms with van der Waals surface area (Å²) in [5, 5.41) is 0. The van der Waals surface area contributed by atoms with Crippen LogP contribution in [0.5, 0.6) is 5.75 Å². The number of carbonyl (C=O) groups is 1. The van der Waals surface area contributed by atoms with Gasteiger partial charge in [0.05, 0.1) is 0 Å². The Balaban J connectivity index is 0.00000121. The average molecular weight is 236 g/mol. The van der Waals surface area contributed by atoms with Crippen LogP contribution in [0.4, 0.5) is 0 Å². The molecule has 96 valence electrons. The maximum atomic E-state index is 10.7. The van der Waals surface area contributed by atoms with E-state index in [4.69, 9.17) is 4.74 Å². The van der Waals surface area contributed by atoms with Crippen molar-refractivity contribution < 1.29 is 9.53 Å². The third kappa shape index (κ3) is 5.03. The van der Waals surface area contributed by atoms with Gasteiger partial charge < -0.3 is 4.74 Å². The minimum absolute atomic E-state index is 0.175. The Bertz CT molecular complexity index is 336. The number of esters is 1. The molecule has 1 aromatic rings. The highest BCUT2D eigenvalue weighted by Crippen LogP contribution is 2.27. The number of hydrogen-bond acceptors (Lipinski definition) is 2. The molecule has 0 bridgehead atoms. The van der Waals surface area contributed by atoms with E-state index in [1.807, 2.05) is 38.1 Å². The number of rotatable bonds is 3. The molecule has 0 radical (unpaired) electrons. The first-order valence-corrected chi connectivity index (χ1v) is 6.24.